The number of carbonyl (C=O) groups excluding carboxylic acids is 2. The van der Waals surface area contributed by atoms with E-state index in [1.165, 1.54) is 0 Å². The second-order valence-electron chi connectivity index (χ2n) is 8.09. The summed E-state index contributed by atoms with van der Waals surface area (Å²) in [6.07, 6.45) is 2.80. The van der Waals surface area contributed by atoms with Crippen LogP contribution in [-0.4, -0.2) is 42.4 Å². The van der Waals surface area contributed by atoms with Gasteiger partial charge in [0.1, 0.15) is 5.92 Å². The fourth-order valence-electron chi connectivity index (χ4n) is 4.98. The summed E-state index contributed by atoms with van der Waals surface area (Å²) in [5.74, 6) is 0.410. The minimum Gasteiger partial charge on any atom is -0.341 e. The smallest absolute Gasteiger partial charge is 0.239 e. The zero-order valence-electron chi connectivity index (χ0n) is 15.5. The minimum absolute atomic E-state index is 0. The summed E-state index contributed by atoms with van der Waals surface area (Å²) in [6.45, 7) is 6.21. The lowest BCUT2D eigenvalue weighted by atomic mass is 9.98. The molecule has 4 atom stereocenters. The van der Waals surface area contributed by atoms with Crippen LogP contribution in [0.2, 0.25) is 0 Å². The first-order chi connectivity index (χ1) is 11.9. The van der Waals surface area contributed by atoms with Gasteiger partial charge in [-0.2, -0.15) is 0 Å². The number of aryl methyl sites for hydroxylation is 2. The summed E-state index contributed by atoms with van der Waals surface area (Å²) in [5.41, 5.74) is 9.37. The Kier molecular flexibility index (Phi) is 5.31. The molecule has 2 saturated heterocycles. The molecule has 142 valence electrons. The molecular weight excluding hydrogens is 350 g/mol. The fourth-order valence-corrected chi connectivity index (χ4v) is 4.98. The average molecular weight is 378 g/mol. The Bertz CT molecular complexity index is 703. The molecule has 0 spiro atoms. The van der Waals surface area contributed by atoms with Gasteiger partial charge in [0.15, 0.2) is 0 Å². The number of nitrogens with two attached hydrogens (primary N) is 1. The summed E-state index contributed by atoms with van der Waals surface area (Å²) in [5, 5.41) is 0. The number of rotatable bonds is 2. The Morgan fingerprint density at radius 1 is 1.08 bits per heavy atom. The lowest BCUT2D eigenvalue weighted by Crippen LogP contribution is -2.40. The highest BCUT2D eigenvalue weighted by Gasteiger charge is 2.46. The maximum Gasteiger partial charge on any atom is 0.239 e. The number of likely N-dealkylation sites (tertiary alicyclic amines) is 1. The Hall–Kier alpha value is -1.59. The van der Waals surface area contributed by atoms with Gasteiger partial charge in [0.25, 0.3) is 0 Å². The van der Waals surface area contributed by atoms with Gasteiger partial charge in [0.05, 0.1) is 0 Å². The van der Waals surface area contributed by atoms with E-state index in [2.05, 4.69) is 6.07 Å². The first-order valence-corrected chi connectivity index (χ1v) is 9.38. The number of hydrogen-bond acceptors (Lipinski definition) is 3. The third-order valence-corrected chi connectivity index (χ3v) is 6.25. The van der Waals surface area contributed by atoms with Crippen molar-refractivity contribution in [1.29, 1.82) is 0 Å². The first-order valence-electron chi connectivity index (χ1n) is 9.38. The van der Waals surface area contributed by atoms with Gasteiger partial charge in [-0.3, -0.25) is 9.59 Å². The van der Waals surface area contributed by atoms with E-state index in [0.717, 1.165) is 42.7 Å². The van der Waals surface area contributed by atoms with E-state index >= 15 is 0 Å². The second-order valence-corrected chi connectivity index (χ2v) is 8.09. The molecular formula is C20H28ClN3O2. The molecule has 3 fully saturated rings. The van der Waals surface area contributed by atoms with E-state index in [1.54, 1.807) is 4.90 Å². The van der Waals surface area contributed by atoms with Gasteiger partial charge in [-0.05, 0) is 68.2 Å². The summed E-state index contributed by atoms with van der Waals surface area (Å²) in [6, 6.07) is 6.36. The highest BCUT2D eigenvalue weighted by Crippen LogP contribution is 2.38. The van der Waals surface area contributed by atoms with E-state index in [4.69, 9.17) is 5.73 Å². The number of carbonyl (C=O) groups is 2. The van der Waals surface area contributed by atoms with E-state index in [-0.39, 0.29) is 30.3 Å². The summed E-state index contributed by atoms with van der Waals surface area (Å²) >= 11 is 0. The fraction of sp³-hybridized carbons (Fsp3) is 0.600. The van der Waals surface area contributed by atoms with E-state index in [9.17, 15) is 9.59 Å². The van der Waals surface area contributed by atoms with Crippen molar-refractivity contribution < 1.29 is 9.59 Å². The minimum atomic E-state index is -0.518. The average Bonchev–Trinajstić information content (AvgIpc) is 3.22. The maximum absolute atomic E-state index is 12.9. The van der Waals surface area contributed by atoms with Crippen molar-refractivity contribution in [1.82, 2.24) is 4.90 Å². The van der Waals surface area contributed by atoms with E-state index < -0.39 is 5.92 Å². The van der Waals surface area contributed by atoms with Crippen molar-refractivity contribution >= 4 is 29.9 Å². The highest BCUT2D eigenvalue weighted by atomic mass is 35.5. The van der Waals surface area contributed by atoms with Crippen molar-refractivity contribution in [3.8, 4) is 0 Å². The van der Waals surface area contributed by atoms with Gasteiger partial charge < -0.3 is 15.5 Å². The molecule has 1 aliphatic carbocycles. The molecule has 0 radical (unpaired) electrons. The third-order valence-electron chi connectivity index (χ3n) is 6.25. The number of benzene rings is 1. The number of nitrogens with zero attached hydrogens (tertiary/aromatic N) is 2. The normalized spacial score (nSPS) is 30.5. The molecule has 5 nitrogen and oxygen atoms in total. The van der Waals surface area contributed by atoms with Gasteiger partial charge in [0.2, 0.25) is 11.8 Å². The predicted molar refractivity (Wildman–Crippen MR) is 104 cm³/mol. The van der Waals surface area contributed by atoms with Crippen LogP contribution in [0, 0.1) is 31.6 Å². The lowest BCUT2D eigenvalue weighted by molar-refractivity contribution is -0.139. The van der Waals surface area contributed by atoms with Gasteiger partial charge in [0, 0.05) is 31.4 Å². The molecule has 2 aliphatic heterocycles. The van der Waals surface area contributed by atoms with Crippen LogP contribution in [0.4, 0.5) is 5.69 Å². The molecule has 1 aromatic rings. The third kappa shape index (κ3) is 3.23. The van der Waals surface area contributed by atoms with E-state index in [0.29, 0.717) is 24.8 Å². The predicted octanol–water partition coefficient (Wildman–Crippen LogP) is 2.27. The van der Waals surface area contributed by atoms with Crippen LogP contribution < -0.4 is 10.6 Å². The summed E-state index contributed by atoms with van der Waals surface area (Å²) in [4.78, 5) is 29.5. The molecule has 2 heterocycles. The molecule has 4 rings (SSSR count). The molecule has 0 aromatic heterocycles. The summed E-state index contributed by atoms with van der Waals surface area (Å²) in [7, 11) is 0. The van der Waals surface area contributed by atoms with Crippen LogP contribution in [0.1, 0.15) is 30.4 Å². The van der Waals surface area contributed by atoms with Crippen LogP contribution in [0.15, 0.2) is 18.2 Å². The van der Waals surface area contributed by atoms with Crippen molar-refractivity contribution in [3.05, 3.63) is 29.3 Å². The molecule has 1 aromatic carbocycles. The summed E-state index contributed by atoms with van der Waals surface area (Å²) < 4.78 is 0. The molecule has 0 bridgehead atoms. The molecule has 4 unspecified atom stereocenters. The molecule has 6 heteroatoms. The van der Waals surface area contributed by atoms with Gasteiger partial charge in [-0.25, -0.2) is 0 Å². The Morgan fingerprint density at radius 2 is 1.77 bits per heavy atom. The molecule has 2 amide bonds. The number of amides is 2. The highest BCUT2D eigenvalue weighted by molar-refractivity contribution is 6.09. The van der Waals surface area contributed by atoms with Gasteiger partial charge >= 0.3 is 0 Å². The van der Waals surface area contributed by atoms with Crippen molar-refractivity contribution in [2.45, 2.75) is 39.2 Å². The molecule has 3 aliphatic rings. The first kappa shape index (κ1) is 19.2. The Morgan fingerprint density at radius 3 is 2.42 bits per heavy atom. The monoisotopic (exact) mass is 377 g/mol. The maximum atomic E-state index is 12.9. The molecule has 26 heavy (non-hydrogen) atoms. The van der Waals surface area contributed by atoms with Crippen molar-refractivity contribution in [2.24, 2.45) is 23.5 Å². The van der Waals surface area contributed by atoms with Crippen LogP contribution in [-0.2, 0) is 9.59 Å². The van der Waals surface area contributed by atoms with Gasteiger partial charge in [-0.1, -0.05) is 6.07 Å². The van der Waals surface area contributed by atoms with Crippen LogP contribution >= 0.6 is 12.4 Å². The van der Waals surface area contributed by atoms with Crippen LogP contribution in [0.5, 0.6) is 0 Å². The van der Waals surface area contributed by atoms with Crippen molar-refractivity contribution in [3.63, 3.8) is 0 Å². The van der Waals surface area contributed by atoms with E-state index in [1.807, 2.05) is 30.9 Å². The largest absolute Gasteiger partial charge is 0.341 e. The Labute approximate surface area is 161 Å². The lowest BCUT2D eigenvalue weighted by Gasteiger charge is -2.22. The zero-order chi connectivity index (χ0) is 17.7. The standard InChI is InChI=1S/C20H27N3O2.ClH/c1-12-7-13(2)9-15(8-12)23-6-5-16(20(23)25)19(24)22-10-14-3-4-18(21)17(14)11-22;/h7-9,14,16-18H,3-6,10-11,21H2,1-2H3;1H. The number of hydrogen-bond donors (Lipinski definition) is 1. The van der Waals surface area contributed by atoms with Crippen molar-refractivity contribution in [2.75, 3.05) is 24.5 Å². The molecule has 2 N–H and O–H groups in total. The van der Waals surface area contributed by atoms with Crippen LogP contribution in [0.25, 0.3) is 0 Å². The van der Waals surface area contributed by atoms with Gasteiger partial charge in [-0.15, -0.1) is 12.4 Å². The number of anilines is 1. The SMILES string of the molecule is Cc1cc(C)cc(N2CCC(C(=O)N3CC4CCC(N)C4C3)C2=O)c1.Cl. The Balaban J connectivity index is 0.00000196. The van der Waals surface area contributed by atoms with Crippen LogP contribution in [0.3, 0.4) is 0 Å². The number of halogens is 1. The quantitative estimate of drug-likeness (QED) is 0.804. The second kappa shape index (κ2) is 7.20. The topological polar surface area (TPSA) is 66.6 Å². The number of fused-ring (bicyclic) bond motifs is 1. The zero-order valence-corrected chi connectivity index (χ0v) is 16.3. The molecule has 1 saturated carbocycles.